The molecule has 1 aromatic heterocycles. The monoisotopic (exact) mass is 537 g/mol. The van der Waals surface area contributed by atoms with E-state index in [2.05, 4.69) is 14.8 Å². The number of aliphatic imine (C=N–C) groups is 1. The summed E-state index contributed by atoms with van der Waals surface area (Å²) >= 11 is 1.26. The highest BCUT2D eigenvalue weighted by atomic mass is 32.1. The van der Waals surface area contributed by atoms with Crippen molar-refractivity contribution < 1.29 is 18.8 Å². The topological polar surface area (TPSA) is 101 Å². The van der Waals surface area contributed by atoms with E-state index in [1.54, 1.807) is 37.3 Å². The molecule has 38 heavy (non-hydrogen) atoms. The number of rotatable bonds is 7. The molecule has 0 amide bonds. The van der Waals surface area contributed by atoms with Gasteiger partial charge < -0.3 is 9.64 Å². The van der Waals surface area contributed by atoms with Gasteiger partial charge in [0.2, 0.25) is 0 Å². The molecule has 198 valence electrons. The van der Waals surface area contributed by atoms with Crippen molar-refractivity contribution >= 4 is 39.6 Å². The summed E-state index contributed by atoms with van der Waals surface area (Å²) in [6.07, 6.45) is 0.627. The molecule has 2 unspecified atom stereocenters. The Labute approximate surface area is 223 Å². The maximum absolute atomic E-state index is 13.3. The fourth-order valence-electron chi connectivity index (χ4n) is 5.36. The van der Waals surface area contributed by atoms with E-state index in [4.69, 9.17) is 9.11 Å². The molecular formula is C27H28FN5O4S. The second-order valence-electron chi connectivity index (χ2n) is 9.45. The average Bonchev–Trinajstić information content (AvgIpc) is 3.33. The lowest BCUT2D eigenvalue weighted by Gasteiger charge is -2.36. The second kappa shape index (κ2) is 11.0. The summed E-state index contributed by atoms with van der Waals surface area (Å²) in [4.78, 5) is 33.7. The van der Waals surface area contributed by atoms with Crippen molar-refractivity contribution in [2.75, 3.05) is 44.7 Å². The number of nitrogens with zero attached hydrogens (tertiary/aromatic N) is 5. The second-order valence-corrected chi connectivity index (χ2v) is 10.2. The first-order valence-corrected chi connectivity index (χ1v) is 13.2. The smallest absolute Gasteiger partial charge is 0.315 e. The number of ether oxygens (including phenoxy) is 1. The van der Waals surface area contributed by atoms with Crippen LogP contribution in [0.3, 0.4) is 0 Å². The van der Waals surface area contributed by atoms with Crippen LogP contribution in [-0.4, -0.2) is 65.7 Å². The number of hydrogen-bond donors (Lipinski definition) is 0. The molecule has 1 saturated heterocycles. The Kier molecular flexibility index (Phi) is 7.48. The number of aromatic nitrogens is 1. The Balaban J connectivity index is 1.39. The molecule has 11 heteroatoms. The molecule has 0 aliphatic carbocycles. The molecule has 0 radical (unpaired) electrons. The normalized spacial score (nSPS) is 19.6. The number of nitro groups is 1. The molecule has 0 spiro atoms. The molecule has 3 heterocycles. The van der Waals surface area contributed by atoms with Gasteiger partial charge in [-0.05, 0) is 42.7 Å². The first-order chi connectivity index (χ1) is 18.4. The Hall–Kier alpha value is -3.70. The minimum atomic E-state index is -0.775. The molecule has 1 fully saturated rings. The zero-order valence-corrected chi connectivity index (χ0v) is 22.0. The summed E-state index contributed by atoms with van der Waals surface area (Å²) in [5.41, 5.74) is 3.56. The largest absolute Gasteiger partial charge is 0.468 e. The van der Waals surface area contributed by atoms with Crippen LogP contribution in [0.25, 0.3) is 0 Å². The van der Waals surface area contributed by atoms with Gasteiger partial charge in [-0.3, -0.25) is 19.8 Å². The highest BCUT2D eigenvalue weighted by Crippen LogP contribution is 2.48. The molecule has 2 atom stereocenters. The highest BCUT2D eigenvalue weighted by Gasteiger charge is 2.43. The lowest BCUT2D eigenvalue weighted by atomic mass is 9.76. The molecule has 2 aromatic carbocycles. The number of piperazine rings is 1. The van der Waals surface area contributed by atoms with Crippen LogP contribution in [0.1, 0.15) is 29.7 Å². The molecule has 9 nitrogen and oxygen atoms in total. The number of anilines is 1. The minimum absolute atomic E-state index is 0.0406. The van der Waals surface area contributed by atoms with E-state index >= 15 is 0 Å². The van der Waals surface area contributed by atoms with Gasteiger partial charge in [-0.2, -0.15) is 4.37 Å². The van der Waals surface area contributed by atoms with Crippen LogP contribution in [0, 0.1) is 21.8 Å². The summed E-state index contributed by atoms with van der Waals surface area (Å²) in [7, 11) is 1.32. The number of hydrogen-bond acceptors (Lipinski definition) is 9. The van der Waals surface area contributed by atoms with Crippen LogP contribution in [0.2, 0.25) is 0 Å². The number of nitro benzene ring substituents is 1. The number of carbonyl (C=O) groups excluding carboxylic acids is 1. The SMILES string of the molecule is COC(=O)C1C(C)=Nc2snc(CCN3CCN(c4ccc(F)cc4)CC3)c2C1c1ccccc1[N+](=O)[O-]. The van der Waals surface area contributed by atoms with Gasteiger partial charge in [0.1, 0.15) is 16.7 Å². The number of esters is 1. The van der Waals surface area contributed by atoms with E-state index in [0.29, 0.717) is 22.7 Å². The molecular weight excluding hydrogens is 509 g/mol. The summed E-state index contributed by atoms with van der Waals surface area (Å²) < 4.78 is 23.1. The lowest BCUT2D eigenvalue weighted by molar-refractivity contribution is -0.385. The van der Waals surface area contributed by atoms with Crippen LogP contribution in [0.5, 0.6) is 0 Å². The predicted octanol–water partition coefficient (Wildman–Crippen LogP) is 4.58. The van der Waals surface area contributed by atoms with Crippen molar-refractivity contribution in [1.82, 2.24) is 9.27 Å². The number of fused-ring (bicyclic) bond motifs is 1. The van der Waals surface area contributed by atoms with Crippen molar-refractivity contribution in [2.45, 2.75) is 19.3 Å². The van der Waals surface area contributed by atoms with E-state index in [1.807, 2.05) is 0 Å². The predicted molar refractivity (Wildman–Crippen MR) is 144 cm³/mol. The summed E-state index contributed by atoms with van der Waals surface area (Å²) in [6.45, 7) is 5.86. The third-order valence-corrected chi connectivity index (χ3v) is 8.10. The van der Waals surface area contributed by atoms with Gasteiger partial charge in [0.15, 0.2) is 0 Å². The Morgan fingerprint density at radius 1 is 1.16 bits per heavy atom. The third kappa shape index (κ3) is 5.03. The fourth-order valence-corrected chi connectivity index (χ4v) is 6.28. The maximum atomic E-state index is 13.3. The standard InChI is InChI=1S/C27H28FN5O4S/c1-17-23(27(34)37-2)24(20-5-3-4-6-22(20)33(35)36)25-21(30-38-26(25)29-17)11-12-31-13-15-32(16-14-31)19-9-7-18(28)8-10-19/h3-10,23-24H,11-16H2,1-2H3. The van der Waals surface area contributed by atoms with Gasteiger partial charge in [0.25, 0.3) is 5.69 Å². The van der Waals surface area contributed by atoms with Gasteiger partial charge in [-0.1, -0.05) is 18.2 Å². The van der Waals surface area contributed by atoms with E-state index in [0.717, 1.165) is 49.7 Å². The summed E-state index contributed by atoms with van der Waals surface area (Å²) in [5, 5.41) is 12.6. The summed E-state index contributed by atoms with van der Waals surface area (Å²) in [5.74, 6) is -2.11. The number of benzene rings is 2. The fraction of sp³-hybridized carbons (Fsp3) is 0.370. The number of carbonyl (C=O) groups is 1. The first kappa shape index (κ1) is 25.9. The third-order valence-electron chi connectivity index (χ3n) is 7.31. The van der Waals surface area contributed by atoms with Crippen LogP contribution in [0.15, 0.2) is 53.5 Å². The maximum Gasteiger partial charge on any atom is 0.315 e. The van der Waals surface area contributed by atoms with Gasteiger partial charge in [0.05, 0.1) is 17.7 Å². The lowest BCUT2D eigenvalue weighted by Crippen LogP contribution is -2.47. The quantitative estimate of drug-likeness (QED) is 0.247. The Morgan fingerprint density at radius 3 is 2.55 bits per heavy atom. The van der Waals surface area contributed by atoms with Crippen LogP contribution in [0.4, 0.5) is 20.8 Å². The number of halogens is 1. The van der Waals surface area contributed by atoms with Crippen LogP contribution in [-0.2, 0) is 16.0 Å². The van der Waals surface area contributed by atoms with Crippen LogP contribution < -0.4 is 4.90 Å². The minimum Gasteiger partial charge on any atom is -0.468 e. The van der Waals surface area contributed by atoms with Gasteiger partial charge in [-0.15, -0.1) is 0 Å². The molecule has 2 aliphatic heterocycles. The van der Waals surface area contributed by atoms with Crippen molar-refractivity contribution in [1.29, 1.82) is 0 Å². The van der Waals surface area contributed by atoms with Crippen LogP contribution >= 0.6 is 11.5 Å². The number of methoxy groups -OCH3 is 1. The van der Waals surface area contributed by atoms with Gasteiger partial charge in [0, 0.05) is 73.7 Å². The molecule has 3 aromatic rings. The average molecular weight is 538 g/mol. The Bertz CT molecular complexity index is 1370. The van der Waals surface area contributed by atoms with E-state index in [9.17, 15) is 19.3 Å². The molecule has 5 rings (SSSR count). The van der Waals surface area contributed by atoms with E-state index in [-0.39, 0.29) is 11.5 Å². The zero-order chi connectivity index (χ0) is 26.8. The number of para-hydroxylation sites is 1. The molecule has 0 saturated carbocycles. The highest BCUT2D eigenvalue weighted by molar-refractivity contribution is 7.10. The first-order valence-electron chi connectivity index (χ1n) is 12.4. The van der Waals surface area contributed by atoms with Crippen molar-refractivity contribution in [3.05, 3.63) is 81.3 Å². The van der Waals surface area contributed by atoms with E-state index in [1.165, 1.54) is 36.8 Å². The Morgan fingerprint density at radius 2 is 1.87 bits per heavy atom. The molecule has 0 N–H and O–H groups in total. The zero-order valence-electron chi connectivity index (χ0n) is 21.2. The molecule has 2 aliphatic rings. The van der Waals surface area contributed by atoms with E-state index < -0.39 is 22.7 Å². The van der Waals surface area contributed by atoms with Crippen molar-refractivity contribution in [3.8, 4) is 0 Å². The van der Waals surface area contributed by atoms with Crippen molar-refractivity contribution in [3.63, 3.8) is 0 Å². The molecule has 0 bridgehead atoms. The van der Waals surface area contributed by atoms with Crippen molar-refractivity contribution in [2.24, 2.45) is 10.9 Å². The van der Waals surface area contributed by atoms with Gasteiger partial charge >= 0.3 is 5.97 Å². The summed E-state index contributed by atoms with van der Waals surface area (Å²) in [6, 6.07) is 13.1. The van der Waals surface area contributed by atoms with Gasteiger partial charge in [-0.25, -0.2) is 9.38 Å².